The molecular formula is C6H8N2OS. The van der Waals surface area contributed by atoms with E-state index in [-0.39, 0.29) is 0 Å². The van der Waals surface area contributed by atoms with Gasteiger partial charge in [-0.25, -0.2) is 0 Å². The van der Waals surface area contributed by atoms with Crippen LogP contribution in [0.1, 0.15) is 6.92 Å². The number of nitrogens with two attached hydrogens (primary N) is 1. The molecule has 0 aliphatic rings. The molecule has 0 aliphatic carbocycles. The highest BCUT2D eigenvalue weighted by Gasteiger charge is 1.89. The SMILES string of the molecule is C/C(N)=N/Oc1cccs1. The Bertz CT molecular complexity index is 214. The highest BCUT2D eigenvalue weighted by Crippen LogP contribution is 2.17. The number of hydrogen-bond donors (Lipinski definition) is 1. The number of oxime groups is 1. The van der Waals surface area contributed by atoms with Gasteiger partial charge in [-0.05, 0) is 24.4 Å². The topological polar surface area (TPSA) is 47.6 Å². The lowest BCUT2D eigenvalue weighted by atomic mass is 10.7. The third-order valence-electron chi connectivity index (χ3n) is 0.775. The normalized spacial score (nSPS) is 11.5. The summed E-state index contributed by atoms with van der Waals surface area (Å²) in [7, 11) is 0. The Labute approximate surface area is 63.1 Å². The van der Waals surface area contributed by atoms with Gasteiger partial charge in [0.1, 0.15) is 5.84 Å². The maximum Gasteiger partial charge on any atom is 0.211 e. The van der Waals surface area contributed by atoms with Crippen LogP contribution in [0.5, 0.6) is 5.06 Å². The van der Waals surface area contributed by atoms with Crippen LogP contribution in [0.25, 0.3) is 0 Å². The lowest BCUT2D eigenvalue weighted by Crippen LogP contribution is -2.06. The van der Waals surface area contributed by atoms with E-state index in [0.29, 0.717) is 5.84 Å². The van der Waals surface area contributed by atoms with Crippen LogP contribution >= 0.6 is 11.3 Å². The van der Waals surface area contributed by atoms with Gasteiger partial charge in [0.05, 0.1) is 0 Å². The third-order valence-corrected chi connectivity index (χ3v) is 1.51. The number of rotatable bonds is 2. The van der Waals surface area contributed by atoms with Crippen LogP contribution in [0.3, 0.4) is 0 Å². The van der Waals surface area contributed by atoms with Gasteiger partial charge in [-0.1, -0.05) is 5.16 Å². The Balaban J connectivity index is 2.49. The molecule has 4 heteroatoms. The van der Waals surface area contributed by atoms with E-state index in [1.54, 1.807) is 6.92 Å². The number of thiophene rings is 1. The van der Waals surface area contributed by atoms with Gasteiger partial charge in [-0.3, -0.25) is 0 Å². The first-order chi connectivity index (χ1) is 4.79. The average molecular weight is 156 g/mol. The fourth-order valence-electron chi connectivity index (χ4n) is 0.432. The van der Waals surface area contributed by atoms with Crippen molar-refractivity contribution in [2.45, 2.75) is 6.92 Å². The molecule has 0 radical (unpaired) electrons. The summed E-state index contributed by atoms with van der Waals surface area (Å²) in [6.45, 7) is 1.67. The molecule has 0 saturated heterocycles. The first-order valence-electron chi connectivity index (χ1n) is 2.79. The van der Waals surface area contributed by atoms with E-state index in [4.69, 9.17) is 10.6 Å². The van der Waals surface area contributed by atoms with Crippen molar-refractivity contribution in [3.8, 4) is 5.06 Å². The molecule has 1 aromatic heterocycles. The van der Waals surface area contributed by atoms with Crippen molar-refractivity contribution in [3.05, 3.63) is 17.5 Å². The third kappa shape index (κ3) is 2.06. The molecule has 0 aliphatic heterocycles. The maximum atomic E-state index is 5.24. The van der Waals surface area contributed by atoms with Gasteiger partial charge in [0.15, 0.2) is 0 Å². The van der Waals surface area contributed by atoms with Crippen LogP contribution in [0.2, 0.25) is 0 Å². The van der Waals surface area contributed by atoms with E-state index < -0.39 is 0 Å². The number of amidine groups is 1. The zero-order chi connectivity index (χ0) is 7.40. The van der Waals surface area contributed by atoms with Gasteiger partial charge in [0.25, 0.3) is 0 Å². The molecule has 0 aromatic carbocycles. The van der Waals surface area contributed by atoms with Crippen LogP contribution in [0, 0.1) is 0 Å². The zero-order valence-electron chi connectivity index (χ0n) is 5.57. The van der Waals surface area contributed by atoms with Gasteiger partial charge in [-0.15, -0.1) is 11.3 Å². The lowest BCUT2D eigenvalue weighted by Gasteiger charge is -1.91. The summed E-state index contributed by atoms with van der Waals surface area (Å²) in [5.41, 5.74) is 5.24. The smallest absolute Gasteiger partial charge is 0.211 e. The van der Waals surface area contributed by atoms with Crippen molar-refractivity contribution in [1.29, 1.82) is 0 Å². The van der Waals surface area contributed by atoms with Gasteiger partial charge in [0, 0.05) is 0 Å². The predicted octanol–water partition coefficient (Wildman–Crippen LogP) is 1.42. The second-order valence-corrected chi connectivity index (χ2v) is 2.67. The fraction of sp³-hybridized carbons (Fsp3) is 0.167. The molecule has 0 bridgehead atoms. The summed E-state index contributed by atoms with van der Waals surface area (Å²) in [5, 5.41) is 6.24. The highest BCUT2D eigenvalue weighted by molar-refractivity contribution is 7.11. The minimum atomic E-state index is 0.424. The Morgan fingerprint density at radius 2 is 2.60 bits per heavy atom. The molecule has 0 fully saturated rings. The van der Waals surface area contributed by atoms with Crippen LogP contribution in [-0.4, -0.2) is 5.84 Å². The molecule has 0 spiro atoms. The van der Waals surface area contributed by atoms with E-state index in [0.717, 1.165) is 5.06 Å². The van der Waals surface area contributed by atoms with Crippen LogP contribution in [-0.2, 0) is 0 Å². The summed E-state index contributed by atoms with van der Waals surface area (Å²) >= 11 is 1.48. The van der Waals surface area contributed by atoms with Crippen molar-refractivity contribution >= 4 is 17.2 Å². The first-order valence-corrected chi connectivity index (χ1v) is 3.67. The van der Waals surface area contributed by atoms with Crippen molar-refractivity contribution in [2.24, 2.45) is 10.9 Å². The van der Waals surface area contributed by atoms with Crippen LogP contribution < -0.4 is 10.6 Å². The Morgan fingerprint density at radius 1 is 1.80 bits per heavy atom. The van der Waals surface area contributed by atoms with Crippen molar-refractivity contribution in [1.82, 2.24) is 0 Å². The molecule has 54 valence electrons. The van der Waals surface area contributed by atoms with Crippen LogP contribution in [0.15, 0.2) is 22.7 Å². The van der Waals surface area contributed by atoms with Crippen molar-refractivity contribution in [3.63, 3.8) is 0 Å². The summed E-state index contributed by atoms with van der Waals surface area (Å²) in [4.78, 5) is 4.89. The fourth-order valence-corrected chi connectivity index (χ4v) is 0.961. The van der Waals surface area contributed by atoms with Gasteiger partial charge in [0.2, 0.25) is 5.06 Å². The van der Waals surface area contributed by atoms with E-state index in [2.05, 4.69) is 5.16 Å². The minimum absolute atomic E-state index is 0.424. The molecule has 1 aromatic rings. The highest BCUT2D eigenvalue weighted by atomic mass is 32.1. The number of hydrogen-bond acceptors (Lipinski definition) is 3. The Kier molecular flexibility index (Phi) is 2.28. The summed E-state index contributed by atoms with van der Waals surface area (Å²) < 4.78 is 0. The molecule has 2 N–H and O–H groups in total. The molecule has 0 unspecified atom stereocenters. The molecule has 1 rings (SSSR count). The minimum Gasteiger partial charge on any atom is -0.385 e. The molecule has 3 nitrogen and oxygen atoms in total. The van der Waals surface area contributed by atoms with Gasteiger partial charge in [-0.2, -0.15) is 0 Å². The first kappa shape index (κ1) is 7.08. The zero-order valence-corrected chi connectivity index (χ0v) is 6.39. The standard InChI is InChI=1S/C6H8N2OS/c1-5(7)8-9-6-3-2-4-10-6/h2-4H,1H3,(H2,7,8). The monoisotopic (exact) mass is 156 g/mol. The van der Waals surface area contributed by atoms with Gasteiger partial charge < -0.3 is 10.6 Å². The van der Waals surface area contributed by atoms with E-state index in [9.17, 15) is 0 Å². The quantitative estimate of drug-likeness (QED) is 0.400. The van der Waals surface area contributed by atoms with E-state index in [1.165, 1.54) is 11.3 Å². The molecule has 0 saturated carbocycles. The summed E-state index contributed by atoms with van der Waals surface area (Å²) in [6.07, 6.45) is 0. The average Bonchev–Trinajstić information content (AvgIpc) is 2.34. The van der Waals surface area contributed by atoms with Crippen LogP contribution in [0.4, 0.5) is 0 Å². The summed E-state index contributed by atoms with van der Waals surface area (Å²) in [6, 6.07) is 3.72. The summed E-state index contributed by atoms with van der Waals surface area (Å²) in [5.74, 6) is 0.424. The second kappa shape index (κ2) is 3.22. The maximum absolute atomic E-state index is 5.24. The molecule has 1 heterocycles. The lowest BCUT2D eigenvalue weighted by molar-refractivity contribution is 0.351. The predicted molar refractivity (Wildman–Crippen MR) is 42.2 cm³/mol. The Hall–Kier alpha value is -1.03. The second-order valence-electron chi connectivity index (χ2n) is 1.76. The van der Waals surface area contributed by atoms with Crippen molar-refractivity contribution in [2.75, 3.05) is 0 Å². The molecular weight excluding hydrogens is 148 g/mol. The van der Waals surface area contributed by atoms with E-state index in [1.807, 2.05) is 17.5 Å². The Morgan fingerprint density at radius 3 is 3.10 bits per heavy atom. The number of nitrogens with zero attached hydrogens (tertiary/aromatic N) is 1. The van der Waals surface area contributed by atoms with Crippen molar-refractivity contribution < 1.29 is 4.84 Å². The van der Waals surface area contributed by atoms with Gasteiger partial charge >= 0.3 is 0 Å². The molecule has 0 atom stereocenters. The molecule has 10 heavy (non-hydrogen) atoms. The largest absolute Gasteiger partial charge is 0.385 e. The molecule has 0 amide bonds. The van der Waals surface area contributed by atoms with E-state index >= 15 is 0 Å².